The first-order valence-electron chi connectivity index (χ1n) is 8.48. The van der Waals surface area contributed by atoms with Gasteiger partial charge >= 0.3 is 0 Å². The zero-order valence-corrected chi connectivity index (χ0v) is 17.8. The number of aromatic nitrogens is 4. The second-order valence-electron chi connectivity index (χ2n) is 6.31. The van der Waals surface area contributed by atoms with Crippen molar-refractivity contribution in [3.8, 4) is 5.88 Å². The number of nitrogens with zero attached hydrogens (tertiary/aromatic N) is 6. The van der Waals surface area contributed by atoms with Crippen LogP contribution in [0.1, 0.15) is 24.2 Å². The molecule has 0 unspecified atom stereocenters. The summed E-state index contributed by atoms with van der Waals surface area (Å²) in [4.78, 5) is 14.9. The minimum Gasteiger partial charge on any atom is -0.477 e. The third-order valence-electron chi connectivity index (χ3n) is 4.17. The Hall–Kier alpha value is -1.91. The van der Waals surface area contributed by atoms with Crippen LogP contribution in [0.2, 0.25) is 0 Å². The molecule has 26 heavy (non-hydrogen) atoms. The Bertz CT molecular complexity index is 729. The highest BCUT2D eigenvalue weighted by atomic mass is 127. The van der Waals surface area contributed by atoms with Crippen LogP contribution in [0.25, 0.3) is 0 Å². The molecule has 1 aliphatic rings. The fraction of sp³-hybridized carbons (Fsp3) is 0.529. The van der Waals surface area contributed by atoms with Gasteiger partial charge in [-0.05, 0) is 30.4 Å². The molecule has 1 fully saturated rings. The highest BCUT2D eigenvalue weighted by molar-refractivity contribution is 14.0. The minimum absolute atomic E-state index is 0. The quantitative estimate of drug-likeness (QED) is 0.377. The summed E-state index contributed by atoms with van der Waals surface area (Å²) in [5.74, 6) is 3.08. The fourth-order valence-corrected chi connectivity index (χ4v) is 2.44. The molecule has 1 N–H and O–H groups in total. The van der Waals surface area contributed by atoms with Crippen LogP contribution in [-0.2, 0) is 20.1 Å². The van der Waals surface area contributed by atoms with E-state index in [-0.39, 0.29) is 24.0 Å². The van der Waals surface area contributed by atoms with Crippen LogP contribution in [0.5, 0.6) is 5.88 Å². The molecule has 0 spiro atoms. The van der Waals surface area contributed by atoms with Crippen LogP contribution in [0.15, 0.2) is 29.6 Å². The first-order valence-corrected chi connectivity index (χ1v) is 8.48. The van der Waals surface area contributed by atoms with Crippen LogP contribution in [0, 0.1) is 5.92 Å². The van der Waals surface area contributed by atoms with E-state index in [1.165, 1.54) is 12.8 Å². The van der Waals surface area contributed by atoms with Crippen molar-refractivity contribution in [3.63, 3.8) is 0 Å². The normalized spacial score (nSPS) is 13.9. The molecule has 0 aliphatic heterocycles. The van der Waals surface area contributed by atoms with Crippen molar-refractivity contribution >= 4 is 29.9 Å². The average molecular weight is 471 g/mol. The number of pyridine rings is 1. The predicted octanol–water partition coefficient (Wildman–Crippen LogP) is 1.82. The maximum absolute atomic E-state index is 5.74. The van der Waals surface area contributed by atoms with E-state index in [1.54, 1.807) is 24.3 Å². The molecule has 0 aromatic carbocycles. The van der Waals surface area contributed by atoms with Crippen LogP contribution in [-0.4, -0.2) is 51.3 Å². The van der Waals surface area contributed by atoms with Gasteiger partial charge in [0.25, 0.3) is 0 Å². The summed E-state index contributed by atoms with van der Waals surface area (Å²) in [7, 11) is 5.62. The lowest BCUT2D eigenvalue weighted by Crippen LogP contribution is -2.38. The number of aliphatic imine (C=N–C) groups is 1. The number of hydrogen-bond donors (Lipinski definition) is 1. The van der Waals surface area contributed by atoms with Crippen molar-refractivity contribution in [2.45, 2.75) is 25.9 Å². The van der Waals surface area contributed by atoms with Gasteiger partial charge in [-0.2, -0.15) is 5.10 Å². The first kappa shape index (κ1) is 20.4. The first-order chi connectivity index (χ1) is 12.2. The Morgan fingerprint density at radius 1 is 1.42 bits per heavy atom. The van der Waals surface area contributed by atoms with Crippen LogP contribution in [0.3, 0.4) is 0 Å². The van der Waals surface area contributed by atoms with E-state index in [0.717, 1.165) is 29.9 Å². The third-order valence-corrected chi connectivity index (χ3v) is 4.17. The summed E-state index contributed by atoms with van der Waals surface area (Å²) >= 11 is 0. The van der Waals surface area contributed by atoms with Crippen molar-refractivity contribution in [2.75, 3.05) is 20.7 Å². The van der Waals surface area contributed by atoms with E-state index >= 15 is 0 Å². The zero-order valence-electron chi connectivity index (χ0n) is 15.4. The maximum Gasteiger partial charge on any atom is 0.213 e. The molecule has 1 saturated carbocycles. The lowest BCUT2D eigenvalue weighted by atomic mass is 10.2. The molecule has 9 heteroatoms. The Kier molecular flexibility index (Phi) is 7.61. The van der Waals surface area contributed by atoms with Crippen molar-refractivity contribution in [1.82, 2.24) is 30.0 Å². The Morgan fingerprint density at radius 2 is 2.23 bits per heavy atom. The van der Waals surface area contributed by atoms with E-state index < -0.39 is 0 Å². The standard InChI is InChI=1S/C17H25N7O.HI/c1-18-17(23(2)10-15-21-12-22-24(15)3)20-9-14-6-7-19-16(8-14)25-11-13-4-5-13;/h6-8,12-13H,4-5,9-11H2,1-3H3,(H,18,20);1H. The Labute approximate surface area is 171 Å². The van der Waals surface area contributed by atoms with E-state index in [9.17, 15) is 0 Å². The predicted molar refractivity (Wildman–Crippen MR) is 111 cm³/mol. The number of rotatable bonds is 7. The van der Waals surface area contributed by atoms with Gasteiger partial charge in [0.05, 0.1) is 13.2 Å². The van der Waals surface area contributed by atoms with E-state index in [0.29, 0.717) is 19.0 Å². The van der Waals surface area contributed by atoms with Gasteiger partial charge in [-0.25, -0.2) is 9.97 Å². The molecule has 0 bridgehead atoms. The number of ether oxygens (including phenoxy) is 1. The lowest BCUT2D eigenvalue weighted by molar-refractivity contribution is 0.288. The van der Waals surface area contributed by atoms with Gasteiger partial charge in [0.15, 0.2) is 5.96 Å². The van der Waals surface area contributed by atoms with Gasteiger partial charge in [-0.3, -0.25) is 9.67 Å². The van der Waals surface area contributed by atoms with Crippen molar-refractivity contribution in [2.24, 2.45) is 18.0 Å². The van der Waals surface area contributed by atoms with Gasteiger partial charge in [-0.1, -0.05) is 0 Å². The van der Waals surface area contributed by atoms with E-state index in [1.807, 2.05) is 31.1 Å². The maximum atomic E-state index is 5.74. The largest absolute Gasteiger partial charge is 0.477 e. The monoisotopic (exact) mass is 471 g/mol. The molecule has 2 heterocycles. The summed E-state index contributed by atoms with van der Waals surface area (Å²) in [5.41, 5.74) is 1.11. The van der Waals surface area contributed by atoms with Gasteiger partial charge < -0.3 is 15.0 Å². The summed E-state index contributed by atoms with van der Waals surface area (Å²) in [5, 5.41) is 7.45. The summed E-state index contributed by atoms with van der Waals surface area (Å²) in [6.45, 7) is 2.05. The zero-order chi connectivity index (χ0) is 17.6. The van der Waals surface area contributed by atoms with Gasteiger partial charge in [0, 0.05) is 40.0 Å². The second-order valence-corrected chi connectivity index (χ2v) is 6.31. The van der Waals surface area contributed by atoms with E-state index in [4.69, 9.17) is 4.74 Å². The molecule has 8 nitrogen and oxygen atoms in total. The number of hydrogen-bond acceptors (Lipinski definition) is 5. The fourth-order valence-electron chi connectivity index (χ4n) is 2.44. The highest BCUT2D eigenvalue weighted by Gasteiger charge is 2.22. The van der Waals surface area contributed by atoms with Gasteiger partial charge in [-0.15, -0.1) is 24.0 Å². The molecule has 0 atom stereocenters. The molecule has 2 aromatic rings. The molecule has 0 amide bonds. The number of halogens is 1. The van der Waals surface area contributed by atoms with Crippen molar-refractivity contribution in [3.05, 3.63) is 36.0 Å². The number of guanidine groups is 1. The van der Waals surface area contributed by atoms with Crippen molar-refractivity contribution < 1.29 is 4.74 Å². The summed E-state index contributed by atoms with van der Waals surface area (Å²) in [6.07, 6.45) is 5.88. The average Bonchev–Trinajstić information content (AvgIpc) is 3.37. The molecule has 1 aliphatic carbocycles. The molecule has 142 valence electrons. The molecule has 2 aromatic heterocycles. The SMILES string of the molecule is CN=C(NCc1ccnc(OCC2CC2)c1)N(C)Cc1ncnn1C.I. The van der Waals surface area contributed by atoms with Crippen LogP contribution in [0.4, 0.5) is 0 Å². The van der Waals surface area contributed by atoms with Gasteiger partial charge in [0.2, 0.25) is 5.88 Å². The topological polar surface area (TPSA) is 80.5 Å². The third kappa shape index (κ3) is 5.82. The van der Waals surface area contributed by atoms with E-state index in [2.05, 4.69) is 25.4 Å². The molecular formula is C17H26IN7O. The molecule has 0 saturated heterocycles. The second kappa shape index (κ2) is 9.70. The Morgan fingerprint density at radius 3 is 2.88 bits per heavy atom. The molecule has 3 rings (SSSR count). The Balaban J connectivity index is 0.00000243. The van der Waals surface area contributed by atoms with Gasteiger partial charge in [0.1, 0.15) is 12.2 Å². The van der Waals surface area contributed by atoms with Crippen LogP contribution >= 0.6 is 24.0 Å². The van der Waals surface area contributed by atoms with Crippen molar-refractivity contribution in [1.29, 1.82) is 0 Å². The lowest BCUT2D eigenvalue weighted by Gasteiger charge is -2.21. The number of aryl methyl sites for hydroxylation is 1. The summed E-state index contributed by atoms with van der Waals surface area (Å²) in [6, 6.07) is 3.96. The smallest absolute Gasteiger partial charge is 0.213 e. The molecular weight excluding hydrogens is 445 g/mol. The molecule has 0 radical (unpaired) electrons. The summed E-state index contributed by atoms with van der Waals surface area (Å²) < 4.78 is 7.50. The van der Waals surface area contributed by atoms with Crippen LogP contribution < -0.4 is 10.1 Å². The minimum atomic E-state index is 0. The highest BCUT2D eigenvalue weighted by Crippen LogP contribution is 2.29. The number of nitrogens with one attached hydrogen (secondary N) is 1.